The van der Waals surface area contributed by atoms with Gasteiger partial charge in [0.05, 0.1) is 5.56 Å². The Morgan fingerprint density at radius 3 is 2.39 bits per heavy atom. The Bertz CT molecular complexity index is 396. The maximum absolute atomic E-state index is 11.7. The highest BCUT2D eigenvalue weighted by Crippen LogP contribution is 2.14. The van der Waals surface area contributed by atoms with E-state index in [1.165, 1.54) is 19.3 Å². The fourth-order valence-corrected chi connectivity index (χ4v) is 2.04. The highest BCUT2D eigenvalue weighted by molar-refractivity contribution is 5.93. The van der Waals surface area contributed by atoms with E-state index in [-0.39, 0.29) is 11.9 Å². The van der Waals surface area contributed by atoms with E-state index in [0.717, 1.165) is 19.0 Å². The molecule has 0 atom stereocenters. The van der Waals surface area contributed by atoms with Crippen molar-refractivity contribution in [3.63, 3.8) is 0 Å². The first kappa shape index (κ1) is 12.8. The Morgan fingerprint density at radius 1 is 1.22 bits per heavy atom. The molecule has 1 amide bonds. The summed E-state index contributed by atoms with van der Waals surface area (Å²) in [6.07, 6.45) is 6.88. The maximum atomic E-state index is 11.7. The smallest absolute Gasteiger partial charge is 0.254 e. The highest BCUT2D eigenvalue weighted by Gasteiger charge is 2.14. The number of anilines is 1. The van der Waals surface area contributed by atoms with Crippen LogP contribution in [0.4, 0.5) is 5.95 Å². The third-order valence-electron chi connectivity index (χ3n) is 2.96. The second-order valence-electron chi connectivity index (χ2n) is 4.95. The van der Waals surface area contributed by atoms with Gasteiger partial charge in [-0.15, -0.1) is 0 Å². The standard InChI is InChI=1S/C13H20N4O/c1-10(2)16-12(18)11-8-14-13(15-9-11)17-6-4-3-5-7-17/h8-10H,3-7H2,1-2H3,(H,16,18). The quantitative estimate of drug-likeness (QED) is 0.882. The van der Waals surface area contributed by atoms with Crippen LogP contribution in [0.1, 0.15) is 43.5 Å². The van der Waals surface area contributed by atoms with Gasteiger partial charge in [0.1, 0.15) is 0 Å². The van der Waals surface area contributed by atoms with Crippen LogP contribution in [-0.4, -0.2) is 35.0 Å². The van der Waals surface area contributed by atoms with Crippen molar-refractivity contribution in [3.8, 4) is 0 Å². The number of piperidine rings is 1. The van der Waals surface area contributed by atoms with E-state index in [2.05, 4.69) is 20.2 Å². The van der Waals surface area contributed by atoms with E-state index < -0.39 is 0 Å². The zero-order valence-corrected chi connectivity index (χ0v) is 11.0. The second kappa shape index (κ2) is 5.80. The molecular weight excluding hydrogens is 228 g/mol. The van der Waals surface area contributed by atoms with Crippen LogP contribution in [0.3, 0.4) is 0 Å². The van der Waals surface area contributed by atoms with Gasteiger partial charge in [-0.05, 0) is 33.1 Å². The van der Waals surface area contributed by atoms with Crippen LogP contribution in [0.5, 0.6) is 0 Å². The first-order valence-corrected chi connectivity index (χ1v) is 6.54. The Labute approximate surface area is 108 Å². The molecule has 18 heavy (non-hydrogen) atoms. The van der Waals surface area contributed by atoms with E-state index in [1.54, 1.807) is 12.4 Å². The summed E-state index contributed by atoms with van der Waals surface area (Å²) in [5.74, 6) is 0.617. The first-order valence-electron chi connectivity index (χ1n) is 6.54. The average Bonchev–Trinajstić information content (AvgIpc) is 2.39. The molecule has 5 nitrogen and oxygen atoms in total. The number of carbonyl (C=O) groups is 1. The number of carbonyl (C=O) groups excluding carboxylic acids is 1. The second-order valence-corrected chi connectivity index (χ2v) is 4.95. The zero-order valence-electron chi connectivity index (χ0n) is 11.0. The van der Waals surface area contributed by atoms with Gasteiger partial charge in [-0.1, -0.05) is 0 Å². The lowest BCUT2D eigenvalue weighted by molar-refractivity contribution is 0.0942. The lowest BCUT2D eigenvalue weighted by atomic mass is 10.1. The van der Waals surface area contributed by atoms with Crippen molar-refractivity contribution in [2.45, 2.75) is 39.2 Å². The molecule has 5 heteroatoms. The molecule has 0 aromatic carbocycles. The van der Waals surface area contributed by atoms with Crippen molar-refractivity contribution in [1.82, 2.24) is 15.3 Å². The van der Waals surface area contributed by atoms with E-state index in [0.29, 0.717) is 5.56 Å². The van der Waals surface area contributed by atoms with Crippen molar-refractivity contribution >= 4 is 11.9 Å². The molecule has 1 aliphatic rings. The number of aromatic nitrogens is 2. The minimum Gasteiger partial charge on any atom is -0.350 e. The number of hydrogen-bond donors (Lipinski definition) is 1. The predicted octanol–water partition coefficient (Wildman–Crippen LogP) is 1.61. The van der Waals surface area contributed by atoms with E-state index in [1.807, 2.05) is 13.8 Å². The molecule has 0 radical (unpaired) electrons. The largest absolute Gasteiger partial charge is 0.350 e. The number of nitrogens with zero attached hydrogens (tertiary/aromatic N) is 3. The summed E-state index contributed by atoms with van der Waals surface area (Å²) in [5.41, 5.74) is 0.518. The lowest BCUT2D eigenvalue weighted by Gasteiger charge is -2.26. The third-order valence-corrected chi connectivity index (χ3v) is 2.96. The van der Waals surface area contributed by atoms with Gasteiger partial charge in [-0.3, -0.25) is 4.79 Å². The molecule has 1 aromatic rings. The number of rotatable bonds is 3. The molecule has 0 unspecified atom stereocenters. The van der Waals surface area contributed by atoms with Gasteiger partial charge in [0.2, 0.25) is 5.95 Å². The molecule has 0 saturated carbocycles. The van der Waals surface area contributed by atoms with Crippen LogP contribution in [0.2, 0.25) is 0 Å². The Morgan fingerprint density at radius 2 is 1.83 bits per heavy atom. The summed E-state index contributed by atoms with van der Waals surface area (Å²) in [7, 11) is 0. The number of nitrogens with one attached hydrogen (secondary N) is 1. The predicted molar refractivity (Wildman–Crippen MR) is 70.7 cm³/mol. The van der Waals surface area contributed by atoms with Gasteiger partial charge >= 0.3 is 0 Å². The Balaban J connectivity index is 2.02. The average molecular weight is 248 g/mol. The van der Waals surface area contributed by atoms with Gasteiger partial charge in [0.25, 0.3) is 5.91 Å². The van der Waals surface area contributed by atoms with Crippen LogP contribution < -0.4 is 10.2 Å². The topological polar surface area (TPSA) is 58.1 Å². The first-order chi connectivity index (χ1) is 8.66. The SMILES string of the molecule is CC(C)NC(=O)c1cnc(N2CCCCC2)nc1. The molecule has 2 heterocycles. The molecule has 2 rings (SSSR count). The van der Waals surface area contributed by atoms with Crippen LogP contribution in [0.25, 0.3) is 0 Å². The van der Waals surface area contributed by atoms with Crippen LogP contribution in [0, 0.1) is 0 Å². The van der Waals surface area contributed by atoms with Gasteiger partial charge in [0.15, 0.2) is 0 Å². The molecule has 1 aliphatic heterocycles. The van der Waals surface area contributed by atoms with Crippen molar-refractivity contribution in [2.75, 3.05) is 18.0 Å². The molecule has 1 N–H and O–H groups in total. The molecule has 98 valence electrons. The zero-order chi connectivity index (χ0) is 13.0. The monoisotopic (exact) mass is 248 g/mol. The van der Waals surface area contributed by atoms with Crippen molar-refractivity contribution in [3.05, 3.63) is 18.0 Å². The van der Waals surface area contributed by atoms with Crippen LogP contribution in [0.15, 0.2) is 12.4 Å². The molecule has 0 bridgehead atoms. The lowest BCUT2D eigenvalue weighted by Crippen LogP contribution is -2.32. The molecule has 0 aliphatic carbocycles. The summed E-state index contributed by atoms with van der Waals surface area (Å²) < 4.78 is 0. The minimum absolute atomic E-state index is 0.116. The van der Waals surface area contributed by atoms with E-state index >= 15 is 0 Å². The van der Waals surface area contributed by atoms with Crippen LogP contribution >= 0.6 is 0 Å². The van der Waals surface area contributed by atoms with Gasteiger partial charge in [0, 0.05) is 31.5 Å². The molecule has 1 aromatic heterocycles. The van der Waals surface area contributed by atoms with E-state index in [4.69, 9.17) is 0 Å². The van der Waals surface area contributed by atoms with Crippen molar-refractivity contribution in [1.29, 1.82) is 0 Å². The number of amides is 1. The van der Waals surface area contributed by atoms with Gasteiger partial charge in [-0.2, -0.15) is 0 Å². The van der Waals surface area contributed by atoms with E-state index in [9.17, 15) is 4.79 Å². The minimum atomic E-state index is -0.116. The van der Waals surface area contributed by atoms with Crippen molar-refractivity contribution in [2.24, 2.45) is 0 Å². The summed E-state index contributed by atoms with van der Waals surface area (Å²) in [6.45, 7) is 5.89. The molecule has 1 saturated heterocycles. The highest BCUT2D eigenvalue weighted by atomic mass is 16.1. The van der Waals surface area contributed by atoms with Crippen molar-refractivity contribution < 1.29 is 4.79 Å². The molecule has 0 spiro atoms. The Hall–Kier alpha value is -1.65. The van der Waals surface area contributed by atoms with Gasteiger partial charge in [-0.25, -0.2) is 9.97 Å². The normalized spacial score (nSPS) is 15.8. The third kappa shape index (κ3) is 3.18. The fraction of sp³-hybridized carbons (Fsp3) is 0.615. The summed E-state index contributed by atoms with van der Waals surface area (Å²) in [5, 5.41) is 2.83. The maximum Gasteiger partial charge on any atom is 0.254 e. The Kier molecular flexibility index (Phi) is 4.12. The summed E-state index contributed by atoms with van der Waals surface area (Å²) in [4.78, 5) is 22.5. The molecule has 1 fully saturated rings. The molecular formula is C13H20N4O. The van der Waals surface area contributed by atoms with Crippen LogP contribution in [-0.2, 0) is 0 Å². The summed E-state index contributed by atoms with van der Waals surface area (Å²) >= 11 is 0. The fourth-order valence-electron chi connectivity index (χ4n) is 2.04. The summed E-state index contributed by atoms with van der Waals surface area (Å²) in [6, 6.07) is 0.124. The van der Waals surface area contributed by atoms with Gasteiger partial charge < -0.3 is 10.2 Å². The number of hydrogen-bond acceptors (Lipinski definition) is 4.